The molecular weight excluding hydrogens is 260 g/mol. The fourth-order valence-corrected chi connectivity index (χ4v) is 2.94. The van der Waals surface area contributed by atoms with Crippen molar-refractivity contribution in [3.63, 3.8) is 0 Å². The van der Waals surface area contributed by atoms with Crippen molar-refractivity contribution in [2.75, 3.05) is 11.3 Å². The van der Waals surface area contributed by atoms with Crippen LogP contribution in [0.2, 0.25) is 0 Å². The number of rotatable bonds is 5. The summed E-state index contributed by atoms with van der Waals surface area (Å²) in [4.78, 5) is 0.136. The summed E-state index contributed by atoms with van der Waals surface area (Å²) in [7, 11) is -3.55. The fourth-order valence-electron chi connectivity index (χ4n) is 1.27. The van der Waals surface area contributed by atoms with Gasteiger partial charge in [0.1, 0.15) is 4.90 Å². The molecule has 0 fully saturated rings. The Morgan fingerprint density at radius 2 is 2.35 bits per heavy atom. The molecule has 6 nitrogen and oxygen atoms in total. The molecule has 2 aromatic rings. The maximum absolute atomic E-state index is 11.9. The Hall–Kier alpha value is -1.38. The molecule has 0 saturated carbocycles. The summed E-state index contributed by atoms with van der Waals surface area (Å²) in [6.07, 6.45) is 2.77. The van der Waals surface area contributed by atoms with Gasteiger partial charge in [-0.2, -0.15) is 16.4 Å². The lowest BCUT2D eigenvalue weighted by Gasteiger charge is -2.02. The van der Waals surface area contributed by atoms with Crippen LogP contribution in [0.15, 0.2) is 34.1 Å². The van der Waals surface area contributed by atoms with Gasteiger partial charge in [-0.25, -0.2) is 8.42 Å². The average Bonchev–Trinajstić information content (AvgIpc) is 2.88. The summed E-state index contributed by atoms with van der Waals surface area (Å²) in [5, 5.41) is 7.45. The van der Waals surface area contributed by atoms with E-state index in [-0.39, 0.29) is 4.90 Å². The second kappa shape index (κ2) is 4.86. The molecule has 0 aliphatic rings. The third-order valence-corrected chi connectivity index (χ3v) is 4.07. The van der Waals surface area contributed by atoms with E-state index in [0.717, 1.165) is 0 Å². The molecule has 17 heavy (non-hydrogen) atoms. The van der Waals surface area contributed by atoms with Crippen LogP contribution in [0.4, 0.5) is 5.69 Å². The van der Waals surface area contributed by atoms with Crippen molar-refractivity contribution in [1.82, 2.24) is 9.78 Å². The first kappa shape index (κ1) is 12.1. The van der Waals surface area contributed by atoms with E-state index < -0.39 is 10.0 Å². The minimum absolute atomic E-state index is 0.136. The van der Waals surface area contributed by atoms with Gasteiger partial charge in [-0.05, 0) is 11.4 Å². The monoisotopic (exact) mass is 272 g/mol. The van der Waals surface area contributed by atoms with Crippen molar-refractivity contribution in [2.24, 2.45) is 5.73 Å². The second-order valence-electron chi connectivity index (χ2n) is 3.35. The molecule has 0 saturated heterocycles. The first-order chi connectivity index (χ1) is 8.12. The minimum Gasteiger partial charge on any atom is -0.329 e. The summed E-state index contributed by atoms with van der Waals surface area (Å²) in [6, 6.07) is 1.70. The summed E-state index contributed by atoms with van der Waals surface area (Å²) < 4.78 is 27.8. The zero-order valence-corrected chi connectivity index (χ0v) is 10.5. The molecule has 0 atom stereocenters. The number of hydrogen-bond acceptors (Lipinski definition) is 5. The number of sulfonamides is 1. The van der Waals surface area contributed by atoms with Crippen LogP contribution in [0.25, 0.3) is 0 Å². The molecule has 2 heterocycles. The molecule has 0 amide bonds. The van der Waals surface area contributed by atoms with Gasteiger partial charge >= 0.3 is 0 Å². The highest BCUT2D eigenvalue weighted by Crippen LogP contribution is 2.17. The largest absolute Gasteiger partial charge is 0.329 e. The highest BCUT2D eigenvalue weighted by Gasteiger charge is 2.16. The lowest BCUT2D eigenvalue weighted by molar-refractivity contribution is 0.599. The maximum Gasteiger partial charge on any atom is 0.265 e. The summed E-state index contributed by atoms with van der Waals surface area (Å²) in [6.45, 7) is 0.910. The van der Waals surface area contributed by atoms with Crippen molar-refractivity contribution in [2.45, 2.75) is 11.4 Å². The van der Waals surface area contributed by atoms with E-state index >= 15 is 0 Å². The van der Waals surface area contributed by atoms with Gasteiger partial charge in [0.15, 0.2) is 0 Å². The number of nitrogens with one attached hydrogen (secondary N) is 1. The van der Waals surface area contributed by atoms with Crippen molar-refractivity contribution >= 4 is 27.0 Å². The highest BCUT2D eigenvalue weighted by molar-refractivity contribution is 7.92. The third kappa shape index (κ3) is 2.84. The van der Waals surface area contributed by atoms with Crippen molar-refractivity contribution in [3.8, 4) is 0 Å². The Morgan fingerprint density at radius 1 is 1.53 bits per heavy atom. The zero-order chi connectivity index (χ0) is 12.3. The lowest BCUT2D eigenvalue weighted by Crippen LogP contribution is -2.12. The molecule has 0 aliphatic carbocycles. The Labute approximate surface area is 103 Å². The fraction of sp³-hybridized carbons (Fsp3) is 0.222. The van der Waals surface area contributed by atoms with Gasteiger partial charge in [0.2, 0.25) is 0 Å². The topological polar surface area (TPSA) is 90.0 Å². The summed E-state index contributed by atoms with van der Waals surface area (Å²) in [5.41, 5.74) is 5.92. The van der Waals surface area contributed by atoms with Gasteiger partial charge in [-0.15, -0.1) is 0 Å². The second-order valence-corrected chi connectivity index (χ2v) is 5.81. The van der Waals surface area contributed by atoms with Crippen LogP contribution in [-0.4, -0.2) is 24.7 Å². The average molecular weight is 272 g/mol. The molecule has 0 unspecified atom stereocenters. The maximum atomic E-state index is 11.9. The van der Waals surface area contributed by atoms with Gasteiger partial charge in [-0.1, -0.05) is 0 Å². The molecule has 2 rings (SSSR count). The van der Waals surface area contributed by atoms with Crippen LogP contribution in [0, 0.1) is 0 Å². The van der Waals surface area contributed by atoms with E-state index in [1.54, 1.807) is 16.8 Å². The van der Waals surface area contributed by atoms with Crippen molar-refractivity contribution in [1.29, 1.82) is 0 Å². The minimum atomic E-state index is -3.55. The van der Waals surface area contributed by atoms with Gasteiger partial charge in [0.25, 0.3) is 10.0 Å². The number of anilines is 1. The highest BCUT2D eigenvalue weighted by atomic mass is 32.2. The number of aromatic nitrogens is 2. The molecule has 2 aromatic heterocycles. The van der Waals surface area contributed by atoms with Crippen LogP contribution in [0.3, 0.4) is 0 Å². The van der Waals surface area contributed by atoms with Crippen LogP contribution < -0.4 is 10.5 Å². The van der Waals surface area contributed by atoms with E-state index in [4.69, 9.17) is 5.73 Å². The SMILES string of the molecule is NCCn1cc(S(=O)(=O)Nc2ccsc2)cn1. The molecule has 0 spiro atoms. The molecule has 3 N–H and O–H groups in total. The Morgan fingerprint density at radius 3 is 3.00 bits per heavy atom. The van der Waals surface area contributed by atoms with Crippen molar-refractivity contribution in [3.05, 3.63) is 29.2 Å². The first-order valence-electron chi connectivity index (χ1n) is 4.89. The predicted molar refractivity (Wildman–Crippen MR) is 66.4 cm³/mol. The molecule has 0 aliphatic heterocycles. The normalized spacial score (nSPS) is 11.6. The number of thiophene rings is 1. The van der Waals surface area contributed by atoms with E-state index in [9.17, 15) is 8.42 Å². The van der Waals surface area contributed by atoms with Crippen LogP contribution in [0.5, 0.6) is 0 Å². The van der Waals surface area contributed by atoms with E-state index in [1.165, 1.54) is 28.4 Å². The van der Waals surface area contributed by atoms with Crippen LogP contribution in [-0.2, 0) is 16.6 Å². The van der Waals surface area contributed by atoms with Crippen molar-refractivity contribution < 1.29 is 8.42 Å². The number of hydrogen-bond donors (Lipinski definition) is 2. The van der Waals surface area contributed by atoms with Crippen LogP contribution >= 0.6 is 11.3 Å². The van der Waals surface area contributed by atoms with Crippen LogP contribution in [0.1, 0.15) is 0 Å². The molecule has 0 radical (unpaired) electrons. The molecule has 8 heteroatoms. The summed E-state index contributed by atoms with van der Waals surface area (Å²) >= 11 is 1.42. The molecule has 92 valence electrons. The van der Waals surface area contributed by atoms with Gasteiger partial charge < -0.3 is 5.73 Å². The van der Waals surface area contributed by atoms with E-state index in [0.29, 0.717) is 18.8 Å². The quantitative estimate of drug-likeness (QED) is 0.838. The summed E-state index contributed by atoms with van der Waals surface area (Å²) in [5.74, 6) is 0. The Balaban J connectivity index is 2.19. The molecular formula is C9H12N4O2S2. The lowest BCUT2D eigenvalue weighted by atomic mass is 10.6. The van der Waals surface area contributed by atoms with Gasteiger partial charge in [0.05, 0.1) is 18.4 Å². The predicted octanol–water partition coefficient (Wildman–Crippen LogP) is 0.704. The van der Waals surface area contributed by atoms with Gasteiger partial charge in [-0.3, -0.25) is 9.40 Å². The standard InChI is InChI=1S/C9H12N4O2S2/c10-2-3-13-6-9(5-11-13)17(14,15)12-8-1-4-16-7-8/h1,4-7,12H,2-3,10H2. The smallest absolute Gasteiger partial charge is 0.265 e. The Kier molecular flexibility index (Phi) is 3.46. The van der Waals surface area contributed by atoms with E-state index in [1.807, 2.05) is 0 Å². The Bertz CT molecular complexity index is 574. The van der Waals surface area contributed by atoms with E-state index in [2.05, 4.69) is 9.82 Å². The number of nitrogens with two attached hydrogens (primary N) is 1. The molecule has 0 aromatic carbocycles. The third-order valence-electron chi connectivity index (χ3n) is 2.05. The first-order valence-corrected chi connectivity index (χ1v) is 7.32. The zero-order valence-electron chi connectivity index (χ0n) is 8.91. The molecule has 0 bridgehead atoms. The number of nitrogens with zero attached hydrogens (tertiary/aromatic N) is 2. The van der Waals surface area contributed by atoms with Gasteiger partial charge in [0, 0.05) is 18.1 Å².